The minimum Gasteiger partial charge on any atom is -0.380 e. The van der Waals surface area contributed by atoms with E-state index in [1.54, 1.807) is 13.3 Å². The summed E-state index contributed by atoms with van der Waals surface area (Å²) in [5.74, 6) is 0.624. The van der Waals surface area contributed by atoms with Gasteiger partial charge in [0.05, 0.1) is 6.10 Å². The predicted molar refractivity (Wildman–Crippen MR) is 72.2 cm³/mol. The van der Waals surface area contributed by atoms with E-state index in [9.17, 15) is 0 Å². The lowest BCUT2D eigenvalue weighted by molar-refractivity contribution is -0.0183. The Morgan fingerprint density at radius 3 is 3.06 bits per heavy atom. The van der Waals surface area contributed by atoms with Crippen LogP contribution >= 0.6 is 0 Å². The van der Waals surface area contributed by atoms with Crippen LogP contribution in [-0.2, 0) is 4.74 Å². The standard InChI is InChI=1S/C14H23N3O/c1-11-5-7-17(10-14(11)18-2)13(8-15)12-4-3-6-16-9-12/h3-4,6,9,11,13-14H,5,7-8,10,15H2,1-2H3. The largest absolute Gasteiger partial charge is 0.380 e. The number of rotatable bonds is 4. The molecule has 1 saturated heterocycles. The van der Waals surface area contributed by atoms with Crippen molar-refractivity contribution in [1.29, 1.82) is 0 Å². The number of piperidine rings is 1. The fraction of sp³-hybridized carbons (Fsp3) is 0.643. The molecule has 100 valence electrons. The van der Waals surface area contributed by atoms with Crippen LogP contribution in [0.3, 0.4) is 0 Å². The molecule has 18 heavy (non-hydrogen) atoms. The van der Waals surface area contributed by atoms with Gasteiger partial charge in [0.25, 0.3) is 0 Å². The molecule has 1 aliphatic heterocycles. The smallest absolute Gasteiger partial charge is 0.0724 e. The first kappa shape index (κ1) is 13.5. The number of methoxy groups -OCH3 is 1. The van der Waals surface area contributed by atoms with E-state index in [4.69, 9.17) is 10.5 Å². The van der Waals surface area contributed by atoms with Crippen molar-refractivity contribution in [2.24, 2.45) is 11.7 Å². The van der Waals surface area contributed by atoms with Crippen LogP contribution in [0.25, 0.3) is 0 Å². The van der Waals surface area contributed by atoms with Gasteiger partial charge in [-0.05, 0) is 30.5 Å². The molecule has 0 aromatic carbocycles. The van der Waals surface area contributed by atoms with Gasteiger partial charge >= 0.3 is 0 Å². The van der Waals surface area contributed by atoms with Crippen LogP contribution in [0.1, 0.15) is 24.9 Å². The number of hydrogen-bond donors (Lipinski definition) is 1. The molecular formula is C14H23N3O. The third-order valence-corrected chi connectivity index (χ3v) is 3.96. The number of aromatic nitrogens is 1. The lowest BCUT2D eigenvalue weighted by atomic mass is 9.93. The van der Waals surface area contributed by atoms with Crippen LogP contribution in [0.4, 0.5) is 0 Å². The second-order valence-electron chi connectivity index (χ2n) is 5.07. The fourth-order valence-electron chi connectivity index (χ4n) is 2.72. The normalized spacial score (nSPS) is 27.1. The summed E-state index contributed by atoms with van der Waals surface area (Å²) < 4.78 is 5.57. The maximum absolute atomic E-state index is 5.95. The molecule has 0 radical (unpaired) electrons. The Kier molecular flexibility index (Phi) is 4.69. The first-order chi connectivity index (χ1) is 8.76. The van der Waals surface area contributed by atoms with Crippen molar-refractivity contribution in [3.05, 3.63) is 30.1 Å². The fourth-order valence-corrected chi connectivity index (χ4v) is 2.72. The van der Waals surface area contributed by atoms with Gasteiger partial charge in [0.2, 0.25) is 0 Å². The molecule has 1 aromatic heterocycles. The van der Waals surface area contributed by atoms with E-state index in [1.165, 1.54) is 5.56 Å². The summed E-state index contributed by atoms with van der Waals surface area (Å²) in [4.78, 5) is 6.61. The molecule has 0 aliphatic carbocycles. The molecule has 2 heterocycles. The molecule has 0 bridgehead atoms. The molecular weight excluding hydrogens is 226 g/mol. The van der Waals surface area contributed by atoms with Crippen LogP contribution in [0.15, 0.2) is 24.5 Å². The van der Waals surface area contributed by atoms with E-state index in [2.05, 4.69) is 22.9 Å². The Morgan fingerprint density at radius 1 is 1.61 bits per heavy atom. The van der Waals surface area contributed by atoms with Crippen molar-refractivity contribution >= 4 is 0 Å². The Morgan fingerprint density at radius 2 is 2.44 bits per heavy atom. The van der Waals surface area contributed by atoms with Crippen molar-refractivity contribution in [2.45, 2.75) is 25.5 Å². The molecule has 3 unspecified atom stereocenters. The average Bonchev–Trinajstić information content (AvgIpc) is 2.42. The maximum atomic E-state index is 5.95. The van der Waals surface area contributed by atoms with Crippen LogP contribution < -0.4 is 5.73 Å². The van der Waals surface area contributed by atoms with E-state index in [0.29, 0.717) is 18.6 Å². The van der Waals surface area contributed by atoms with Crippen molar-refractivity contribution in [3.63, 3.8) is 0 Å². The molecule has 1 aliphatic rings. The lowest BCUT2D eigenvalue weighted by Crippen LogP contribution is -2.47. The third kappa shape index (κ3) is 2.88. The Hall–Kier alpha value is -0.970. The van der Waals surface area contributed by atoms with Crippen molar-refractivity contribution in [2.75, 3.05) is 26.7 Å². The van der Waals surface area contributed by atoms with E-state index in [-0.39, 0.29) is 6.04 Å². The zero-order valence-electron chi connectivity index (χ0n) is 11.2. The SMILES string of the molecule is COC1CN(C(CN)c2cccnc2)CCC1C. The van der Waals surface area contributed by atoms with Gasteiger partial charge in [-0.3, -0.25) is 9.88 Å². The Balaban J connectivity index is 2.09. The van der Waals surface area contributed by atoms with E-state index in [1.807, 2.05) is 12.3 Å². The number of likely N-dealkylation sites (tertiary alicyclic amines) is 1. The number of nitrogens with two attached hydrogens (primary N) is 1. The summed E-state index contributed by atoms with van der Waals surface area (Å²) in [5.41, 5.74) is 7.15. The van der Waals surface area contributed by atoms with Crippen LogP contribution in [0.5, 0.6) is 0 Å². The highest BCUT2D eigenvalue weighted by Gasteiger charge is 2.30. The summed E-state index contributed by atoms with van der Waals surface area (Å²) >= 11 is 0. The van der Waals surface area contributed by atoms with Gasteiger partial charge in [0.1, 0.15) is 0 Å². The first-order valence-electron chi connectivity index (χ1n) is 6.63. The minimum absolute atomic E-state index is 0.254. The summed E-state index contributed by atoms with van der Waals surface area (Å²) in [7, 11) is 1.80. The summed E-state index contributed by atoms with van der Waals surface area (Å²) in [5, 5.41) is 0. The van der Waals surface area contributed by atoms with Gasteiger partial charge in [0.15, 0.2) is 0 Å². The quantitative estimate of drug-likeness (QED) is 0.877. The van der Waals surface area contributed by atoms with Crippen LogP contribution in [-0.4, -0.2) is 42.7 Å². The molecule has 1 fully saturated rings. The molecule has 0 saturated carbocycles. The Labute approximate surface area is 109 Å². The van der Waals surface area contributed by atoms with Crippen LogP contribution in [0, 0.1) is 5.92 Å². The highest BCUT2D eigenvalue weighted by molar-refractivity contribution is 5.15. The Bertz CT molecular complexity index is 357. The summed E-state index contributed by atoms with van der Waals surface area (Å²) in [6.45, 7) is 4.91. The van der Waals surface area contributed by atoms with Gasteiger partial charge in [-0.1, -0.05) is 13.0 Å². The van der Waals surface area contributed by atoms with E-state index < -0.39 is 0 Å². The number of pyridine rings is 1. The average molecular weight is 249 g/mol. The van der Waals surface area contributed by atoms with Crippen molar-refractivity contribution < 1.29 is 4.74 Å². The molecule has 0 spiro atoms. The lowest BCUT2D eigenvalue weighted by Gasteiger charge is -2.40. The predicted octanol–water partition coefficient (Wildman–Crippen LogP) is 1.44. The van der Waals surface area contributed by atoms with Gasteiger partial charge in [0, 0.05) is 38.6 Å². The van der Waals surface area contributed by atoms with E-state index in [0.717, 1.165) is 19.5 Å². The molecule has 2 rings (SSSR count). The first-order valence-corrected chi connectivity index (χ1v) is 6.63. The summed E-state index contributed by atoms with van der Waals surface area (Å²) in [6, 6.07) is 4.33. The van der Waals surface area contributed by atoms with Crippen LogP contribution in [0.2, 0.25) is 0 Å². The van der Waals surface area contributed by atoms with Gasteiger partial charge in [-0.25, -0.2) is 0 Å². The van der Waals surface area contributed by atoms with Gasteiger partial charge < -0.3 is 10.5 Å². The molecule has 3 atom stereocenters. The number of hydrogen-bond acceptors (Lipinski definition) is 4. The second-order valence-corrected chi connectivity index (χ2v) is 5.07. The van der Waals surface area contributed by atoms with Gasteiger partial charge in [-0.2, -0.15) is 0 Å². The molecule has 4 nitrogen and oxygen atoms in total. The maximum Gasteiger partial charge on any atom is 0.0724 e. The van der Waals surface area contributed by atoms with Crippen molar-refractivity contribution in [3.8, 4) is 0 Å². The molecule has 4 heteroatoms. The molecule has 2 N–H and O–H groups in total. The van der Waals surface area contributed by atoms with Crippen molar-refractivity contribution in [1.82, 2.24) is 9.88 Å². The monoisotopic (exact) mass is 249 g/mol. The zero-order valence-corrected chi connectivity index (χ0v) is 11.2. The highest BCUT2D eigenvalue weighted by atomic mass is 16.5. The minimum atomic E-state index is 0.254. The number of ether oxygens (including phenoxy) is 1. The topological polar surface area (TPSA) is 51.4 Å². The summed E-state index contributed by atoms with van der Waals surface area (Å²) in [6.07, 6.45) is 5.18. The number of nitrogens with zero attached hydrogens (tertiary/aromatic N) is 2. The third-order valence-electron chi connectivity index (χ3n) is 3.96. The zero-order chi connectivity index (χ0) is 13.0. The molecule has 0 amide bonds. The van der Waals surface area contributed by atoms with Gasteiger partial charge in [-0.15, -0.1) is 0 Å². The second kappa shape index (κ2) is 6.27. The molecule has 1 aromatic rings. The van der Waals surface area contributed by atoms with E-state index >= 15 is 0 Å². The highest BCUT2D eigenvalue weighted by Crippen LogP contribution is 2.27.